The highest BCUT2D eigenvalue weighted by Crippen LogP contribution is 2.33. The third-order valence-corrected chi connectivity index (χ3v) is 8.11. The van der Waals surface area contributed by atoms with E-state index in [0.29, 0.717) is 50.6 Å². The Bertz CT molecular complexity index is 1500. The van der Waals surface area contributed by atoms with Gasteiger partial charge in [-0.1, -0.05) is 20.8 Å². The standard InChI is InChI=1S/C24H34N6O5S/c1-7-35-18-9-8-16(36(33,34)29-12-10-27(5)11-13-29)14-17(18)20-25-19-21(26-20)30(15-24(2,3)4)23(32)28(6)22(19)31/h8-9,14H,7,10-13,15H2,1-6H3,(H,25,26). The van der Waals surface area contributed by atoms with Gasteiger partial charge in [0.25, 0.3) is 5.56 Å². The fourth-order valence-electron chi connectivity index (χ4n) is 4.29. The minimum absolute atomic E-state index is 0.117. The van der Waals surface area contributed by atoms with Crippen LogP contribution in [0.25, 0.3) is 22.6 Å². The Balaban J connectivity index is 1.90. The number of hydrogen-bond donors (Lipinski definition) is 1. The molecule has 2 aromatic heterocycles. The van der Waals surface area contributed by atoms with Crippen LogP contribution >= 0.6 is 0 Å². The summed E-state index contributed by atoms with van der Waals surface area (Å²) in [6, 6.07) is 4.65. The van der Waals surface area contributed by atoms with Gasteiger partial charge in [-0.25, -0.2) is 18.2 Å². The highest BCUT2D eigenvalue weighted by atomic mass is 32.2. The zero-order valence-corrected chi connectivity index (χ0v) is 22.5. The summed E-state index contributed by atoms with van der Waals surface area (Å²) in [5.74, 6) is 0.685. The maximum Gasteiger partial charge on any atom is 0.332 e. The molecule has 0 spiro atoms. The number of hydrogen-bond acceptors (Lipinski definition) is 7. The zero-order chi connectivity index (χ0) is 26.4. The molecule has 0 aliphatic carbocycles. The van der Waals surface area contributed by atoms with Crippen molar-refractivity contribution in [2.75, 3.05) is 39.8 Å². The minimum atomic E-state index is -3.74. The number of rotatable bonds is 6. The number of aromatic nitrogens is 4. The average molecular weight is 519 g/mol. The summed E-state index contributed by atoms with van der Waals surface area (Å²) < 4.78 is 36.6. The third kappa shape index (κ3) is 4.84. The molecule has 3 aromatic rings. The molecule has 1 N–H and O–H groups in total. The van der Waals surface area contributed by atoms with Crippen molar-refractivity contribution in [1.82, 2.24) is 28.3 Å². The molecule has 0 bridgehead atoms. The number of ether oxygens (including phenoxy) is 1. The highest BCUT2D eigenvalue weighted by Gasteiger charge is 2.29. The van der Waals surface area contributed by atoms with Crippen molar-refractivity contribution in [3.05, 3.63) is 39.0 Å². The first-order valence-corrected chi connectivity index (χ1v) is 13.4. The molecular formula is C24H34N6O5S. The topological polar surface area (TPSA) is 123 Å². The van der Waals surface area contributed by atoms with Crippen molar-refractivity contribution in [2.45, 2.75) is 39.1 Å². The van der Waals surface area contributed by atoms with E-state index >= 15 is 0 Å². The number of H-pyrrole nitrogens is 1. The van der Waals surface area contributed by atoms with Gasteiger partial charge in [-0.05, 0) is 37.6 Å². The molecule has 12 heteroatoms. The predicted octanol–water partition coefficient (Wildman–Crippen LogP) is 1.47. The van der Waals surface area contributed by atoms with Crippen molar-refractivity contribution < 1.29 is 13.2 Å². The predicted molar refractivity (Wildman–Crippen MR) is 138 cm³/mol. The van der Waals surface area contributed by atoms with Gasteiger partial charge in [0.2, 0.25) is 10.0 Å². The largest absolute Gasteiger partial charge is 0.493 e. The van der Waals surface area contributed by atoms with E-state index < -0.39 is 21.3 Å². The summed E-state index contributed by atoms with van der Waals surface area (Å²) in [5.41, 5.74) is -0.413. The molecule has 1 aliphatic rings. The van der Waals surface area contributed by atoms with Gasteiger partial charge in [-0.3, -0.25) is 13.9 Å². The molecule has 0 radical (unpaired) electrons. The van der Waals surface area contributed by atoms with E-state index in [4.69, 9.17) is 4.74 Å². The lowest BCUT2D eigenvalue weighted by Gasteiger charge is -2.31. The van der Waals surface area contributed by atoms with Crippen molar-refractivity contribution in [3.8, 4) is 17.1 Å². The molecule has 4 rings (SSSR count). The molecule has 1 fully saturated rings. The number of piperazine rings is 1. The monoisotopic (exact) mass is 518 g/mol. The number of imidazole rings is 1. The third-order valence-electron chi connectivity index (χ3n) is 6.22. The van der Waals surface area contributed by atoms with E-state index in [-0.39, 0.29) is 27.3 Å². The first-order valence-electron chi connectivity index (χ1n) is 12.0. The smallest absolute Gasteiger partial charge is 0.332 e. The van der Waals surface area contributed by atoms with Gasteiger partial charge in [0.05, 0.1) is 17.1 Å². The number of fused-ring (bicyclic) bond motifs is 1. The van der Waals surface area contributed by atoms with E-state index in [2.05, 4.69) is 14.9 Å². The lowest BCUT2D eigenvalue weighted by atomic mass is 9.97. The van der Waals surface area contributed by atoms with E-state index in [0.717, 1.165) is 4.57 Å². The summed E-state index contributed by atoms with van der Waals surface area (Å²) in [6.45, 7) is 10.6. The summed E-state index contributed by atoms with van der Waals surface area (Å²) in [7, 11) is -0.352. The summed E-state index contributed by atoms with van der Waals surface area (Å²) >= 11 is 0. The average Bonchev–Trinajstić information content (AvgIpc) is 3.26. The molecule has 0 amide bonds. The van der Waals surface area contributed by atoms with Crippen LogP contribution in [0.15, 0.2) is 32.7 Å². The van der Waals surface area contributed by atoms with Crippen LogP contribution in [0.1, 0.15) is 27.7 Å². The van der Waals surface area contributed by atoms with Gasteiger partial charge in [-0.15, -0.1) is 0 Å². The molecule has 36 heavy (non-hydrogen) atoms. The number of aromatic amines is 1. The van der Waals surface area contributed by atoms with Crippen LogP contribution in [0, 0.1) is 5.41 Å². The molecule has 0 unspecified atom stereocenters. The first-order chi connectivity index (χ1) is 16.8. The Morgan fingerprint density at radius 1 is 1.08 bits per heavy atom. The molecule has 1 saturated heterocycles. The normalized spacial score (nSPS) is 16.1. The van der Waals surface area contributed by atoms with Crippen molar-refractivity contribution in [1.29, 1.82) is 0 Å². The fraction of sp³-hybridized carbons (Fsp3) is 0.542. The Labute approximate surface area is 210 Å². The Morgan fingerprint density at radius 2 is 1.75 bits per heavy atom. The van der Waals surface area contributed by atoms with Gasteiger partial charge >= 0.3 is 5.69 Å². The van der Waals surface area contributed by atoms with Gasteiger partial charge in [0.1, 0.15) is 17.1 Å². The van der Waals surface area contributed by atoms with Crippen LogP contribution in [-0.2, 0) is 23.6 Å². The molecule has 1 aliphatic heterocycles. The lowest BCUT2D eigenvalue weighted by Crippen LogP contribution is -2.47. The van der Waals surface area contributed by atoms with Gasteiger partial charge in [0, 0.05) is 39.8 Å². The second-order valence-corrected chi connectivity index (χ2v) is 12.3. The second-order valence-electron chi connectivity index (χ2n) is 10.4. The summed E-state index contributed by atoms with van der Waals surface area (Å²) in [5, 5.41) is 0. The van der Waals surface area contributed by atoms with Gasteiger partial charge < -0.3 is 14.6 Å². The van der Waals surface area contributed by atoms with Crippen LogP contribution in [0.3, 0.4) is 0 Å². The minimum Gasteiger partial charge on any atom is -0.493 e. The molecule has 11 nitrogen and oxygen atoms in total. The number of sulfonamides is 1. The molecular weight excluding hydrogens is 484 g/mol. The number of likely N-dealkylation sites (N-methyl/N-ethyl adjacent to an activating group) is 1. The van der Waals surface area contributed by atoms with Gasteiger partial charge in [0.15, 0.2) is 5.65 Å². The maximum absolute atomic E-state index is 13.4. The maximum atomic E-state index is 13.4. The molecule has 0 saturated carbocycles. The van der Waals surface area contributed by atoms with Crippen molar-refractivity contribution in [2.24, 2.45) is 12.5 Å². The number of nitrogens with zero attached hydrogens (tertiary/aromatic N) is 5. The number of benzene rings is 1. The molecule has 0 atom stereocenters. The van der Waals surface area contributed by atoms with Crippen LogP contribution < -0.4 is 16.0 Å². The zero-order valence-electron chi connectivity index (χ0n) is 21.7. The van der Waals surface area contributed by atoms with E-state index in [1.165, 1.54) is 28.1 Å². The Kier molecular flexibility index (Phi) is 6.88. The van der Waals surface area contributed by atoms with E-state index in [1.807, 2.05) is 34.7 Å². The highest BCUT2D eigenvalue weighted by molar-refractivity contribution is 7.89. The van der Waals surface area contributed by atoms with Gasteiger partial charge in [-0.2, -0.15) is 4.31 Å². The summed E-state index contributed by atoms with van der Waals surface area (Å²) in [6.07, 6.45) is 0. The van der Waals surface area contributed by atoms with Crippen LogP contribution in [0.4, 0.5) is 0 Å². The molecule has 196 valence electrons. The Morgan fingerprint density at radius 3 is 2.36 bits per heavy atom. The van der Waals surface area contributed by atoms with E-state index in [9.17, 15) is 18.0 Å². The second kappa shape index (κ2) is 9.49. The quantitative estimate of drug-likeness (QED) is 0.524. The number of nitrogens with one attached hydrogen (secondary N) is 1. The summed E-state index contributed by atoms with van der Waals surface area (Å²) in [4.78, 5) is 35.7. The molecule has 3 heterocycles. The van der Waals surface area contributed by atoms with Crippen molar-refractivity contribution in [3.63, 3.8) is 0 Å². The first kappa shape index (κ1) is 26.1. The Hall–Kier alpha value is -2.96. The lowest BCUT2D eigenvalue weighted by molar-refractivity contribution is 0.222. The van der Waals surface area contributed by atoms with Crippen LogP contribution in [0.5, 0.6) is 5.75 Å². The van der Waals surface area contributed by atoms with Crippen molar-refractivity contribution >= 4 is 21.2 Å². The molecule has 1 aromatic carbocycles. The fourth-order valence-corrected chi connectivity index (χ4v) is 5.74. The SMILES string of the molecule is CCOc1ccc(S(=O)(=O)N2CCN(C)CC2)cc1-c1nc2c([nH]1)c(=O)n(C)c(=O)n2CC(C)(C)C. The van der Waals surface area contributed by atoms with Crippen LogP contribution in [0.2, 0.25) is 0 Å². The van der Waals surface area contributed by atoms with E-state index in [1.54, 1.807) is 6.07 Å². The van der Waals surface area contributed by atoms with Crippen LogP contribution in [-0.4, -0.2) is 76.6 Å².